The molecular weight excluding hydrogens is 399 g/mol. The topological polar surface area (TPSA) is 102 Å². The van der Waals surface area contributed by atoms with Crippen molar-refractivity contribution in [3.05, 3.63) is 30.1 Å². The maximum atomic E-state index is 13.6. The Balaban J connectivity index is 1.95. The Morgan fingerprint density at radius 2 is 1.93 bits per heavy atom. The number of aliphatic hydroxyl groups excluding tert-OH is 1. The van der Waals surface area contributed by atoms with Gasteiger partial charge in [-0.1, -0.05) is 13.8 Å². The van der Waals surface area contributed by atoms with Gasteiger partial charge in [-0.25, -0.2) is 0 Å². The molecule has 30 heavy (non-hydrogen) atoms. The van der Waals surface area contributed by atoms with Crippen LogP contribution in [-0.2, 0) is 4.79 Å². The molecule has 10 heteroatoms. The maximum Gasteiger partial charge on any atom is 0.393 e. The molecule has 1 aliphatic rings. The number of rotatable bonds is 4. The summed E-state index contributed by atoms with van der Waals surface area (Å²) >= 11 is 0. The molecule has 1 fully saturated rings. The minimum absolute atomic E-state index is 0.112. The maximum absolute atomic E-state index is 13.6. The number of anilines is 1. The van der Waals surface area contributed by atoms with E-state index < -0.39 is 30.1 Å². The smallest absolute Gasteiger partial charge is 0.383 e. The number of alkyl halides is 3. The van der Waals surface area contributed by atoms with Gasteiger partial charge in [0.2, 0.25) is 5.91 Å². The van der Waals surface area contributed by atoms with Crippen molar-refractivity contribution in [3.8, 4) is 6.07 Å². The van der Waals surface area contributed by atoms with Crippen LogP contribution in [0.4, 0.5) is 18.9 Å². The molecule has 2 heterocycles. The second-order valence-electron chi connectivity index (χ2n) is 7.77. The molecule has 1 aromatic heterocycles. The SMILES string of the molecule is CC(C)C(O)C(=O)N[C@@H]1C[C@H](C(F)(F)F)CN(c2ccc(C#N)c3nccnc23)C1. The van der Waals surface area contributed by atoms with Gasteiger partial charge in [0.25, 0.3) is 0 Å². The molecule has 1 aromatic carbocycles. The lowest BCUT2D eigenvalue weighted by atomic mass is 9.92. The van der Waals surface area contributed by atoms with Crippen LogP contribution in [0, 0.1) is 23.2 Å². The third-order valence-electron chi connectivity index (χ3n) is 5.22. The summed E-state index contributed by atoms with van der Waals surface area (Å²) < 4.78 is 40.8. The highest BCUT2D eigenvalue weighted by Gasteiger charge is 2.45. The number of aliphatic hydroxyl groups is 1. The van der Waals surface area contributed by atoms with Gasteiger partial charge in [0.05, 0.1) is 17.2 Å². The Kier molecular flexibility index (Phi) is 6.12. The van der Waals surface area contributed by atoms with Crippen LogP contribution in [-0.4, -0.2) is 52.4 Å². The van der Waals surface area contributed by atoms with E-state index in [0.717, 1.165) is 0 Å². The number of aromatic nitrogens is 2. The molecule has 1 saturated heterocycles. The predicted octanol–water partition coefficient (Wildman–Crippen LogP) is 2.39. The molecule has 0 bridgehead atoms. The molecule has 1 aliphatic heterocycles. The van der Waals surface area contributed by atoms with Gasteiger partial charge in [-0.15, -0.1) is 0 Å². The number of nitriles is 1. The van der Waals surface area contributed by atoms with Crippen LogP contribution in [0.5, 0.6) is 0 Å². The van der Waals surface area contributed by atoms with Crippen LogP contribution in [0.15, 0.2) is 24.5 Å². The Hall–Kier alpha value is -2.93. The first kappa shape index (κ1) is 21.8. The zero-order valence-electron chi connectivity index (χ0n) is 16.5. The predicted molar refractivity (Wildman–Crippen MR) is 103 cm³/mol. The summed E-state index contributed by atoms with van der Waals surface area (Å²) in [5, 5.41) is 21.8. The van der Waals surface area contributed by atoms with Gasteiger partial charge in [0.1, 0.15) is 23.2 Å². The van der Waals surface area contributed by atoms with Crippen molar-refractivity contribution < 1.29 is 23.1 Å². The number of amides is 1. The minimum Gasteiger partial charge on any atom is -0.383 e. The number of nitrogens with one attached hydrogen (secondary N) is 1. The first-order valence-corrected chi connectivity index (χ1v) is 9.55. The van der Waals surface area contributed by atoms with E-state index in [1.165, 1.54) is 23.4 Å². The molecule has 7 nitrogen and oxygen atoms in total. The molecule has 2 aromatic rings. The molecule has 0 radical (unpaired) electrons. The summed E-state index contributed by atoms with van der Waals surface area (Å²) in [6.07, 6.45) is -3.21. The molecule has 0 aliphatic carbocycles. The van der Waals surface area contributed by atoms with E-state index in [1.54, 1.807) is 19.9 Å². The number of carbonyl (C=O) groups excluding carboxylic acids is 1. The van der Waals surface area contributed by atoms with Gasteiger partial charge < -0.3 is 15.3 Å². The van der Waals surface area contributed by atoms with Crippen LogP contribution in [0.1, 0.15) is 25.8 Å². The molecule has 0 spiro atoms. The standard InChI is InChI=1S/C20H22F3N5O2/c1-11(2)18(29)19(30)27-14-7-13(20(21,22)23)9-28(10-14)15-4-3-12(8-24)16-17(15)26-6-5-25-16/h3-6,11,13-14,18,29H,7,9-10H2,1-2H3,(H,27,30)/t13-,14+,18?/m0/s1. The molecule has 3 atom stereocenters. The quantitative estimate of drug-likeness (QED) is 0.786. The van der Waals surface area contributed by atoms with Crippen molar-refractivity contribution in [1.82, 2.24) is 15.3 Å². The summed E-state index contributed by atoms with van der Waals surface area (Å²) in [6.45, 7) is 3.11. The number of hydrogen-bond donors (Lipinski definition) is 2. The fraction of sp³-hybridized carbons (Fsp3) is 0.500. The van der Waals surface area contributed by atoms with Gasteiger partial charge >= 0.3 is 6.18 Å². The molecule has 1 amide bonds. The van der Waals surface area contributed by atoms with E-state index in [4.69, 9.17) is 0 Å². The number of halogens is 3. The summed E-state index contributed by atoms with van der Waals surface area (Å²) in [4.78, 5) is 22.1. The number of nitrogens with zero attached hydrogens (tertiary/aromatic N) is 4. The van der Waals surface area contributed by atoms with Gasteiger partial charge in [-0.3, -0.25) is 14.8 Å². The molecule has 1 unspecified atom stereocenters. The average molecular weight is 421 g/mol. The van der Waals surface area contributed by atoms with Crippen molar-refractivity contribution in [2.45, 2.75) is 38.6 Å². The van der Waals surface area contributed by atoms with Crippen molar-refractivity contribution in [2.75, 3.05) is 18.0 Å². The lowest BCUT2D eigenvalue weighted by Gasteiger charge is -2.40. The van der Waals surface area contributed by atoms with Gasteiger partial charge in [0, 0.05) is 31.5 Å². The van der Waals surface area contributed by atoms with Crippen LogP contribution in [0.2, 0.25) is 0 Å². The van der Waals surface area contributed by atoms with Gasteiger partial charge in [-0.05, 0) is 24.5 Å². The van der Waals surface area contributed by atoms with Crippen LogP contribution in [0.25, 0.3) is 11.0 Å². The summed E-state index contributed by atoms with van der Waals surface area (Å²) in [7, 11) is 0. The number of carbonyl (C=O) groups is 1. The zero-order chi connectivity index (χ0) is 22.1. The number of piperidine rings is 1. The summed E-state index contributed by atoms with van der Waals surface area (Å²) in [5.41, 5.74) is 1.32. The van der Waals surface area contributed by atoms with Crippen molar-refractivity contribution in [1.29, 1.82) is 5.26 Å². The van der Waals surface area contributed by atoms with Gasteiger partial charge in [0.15, 0.2) is 0 Å². The third kappa shape index (κ3) is 4.46. The number of benzene rings is 1. The lowest BCUT2D eigenvalue weighted by Crippen LogP contribution is -2.55. The molecule has 3 rings (SSSR count). The monoisotopic (exact) mass is 421 g/mol. The van der Waals surface area contributed by atoms with E-state index in [9.17, 15) is 28.3 Å². The molecule has 160 valence electrons. The van der Waals surface area contributed by atoms with Crippen LogP contribution >= 0.6 is 0 Å². The number of fused-ring (bicyclic) bond motifs is 1. The van der Waals surface area contributed by atoms with Gasteiger partial charge in [-0.2, -0.15) is 18.4 Å². The Morgan fingerprint density at radius 3 is 2.53 bits per heavy atom. The second-order valence-corrected chi connectivity index (χ2v) is 7.77. The largest absolute Gasteiger partial charge is 0.393 e. The molecule has 0 saturated carbocycles. The fourth-order valence-corrected chi connectivity index (χ4v) is 3.61. The minimum atomic E-state index is -4.45. The lowest BCUT2D eigenvalue weighted by molar-refractivity contribution is -0.178. The van der Waals surface area contributed by atoms with Crippen LogP contribution in [0.3, 0.4) is 0 Å². The van der Waals surface area contributed by atoms with E-state index in [2.05, 4.69) is 15.3 Å². The first-order valence-electron chi connectivity index (χ1n) is 9.55. The highest BCUT2D eigenvalue weighted by atomic mass is 19.4. The average Bonchev–Trinajstić information content (AvgIpc) is 2.71. The van der Waals surface area contributed by atoms with Crippen LogP contribution < -0.4 is 10.2 Å². The second kappa shape index (κ2) is 8.44. The Bertz CT molecular complexity index is 973. The zero-order valence-corrected chi connectivity index (χ0v) is 16.5. The Labute approximate surface area is 171 Å². The molecule has 2 N–H and O–H groups in total. The third-order valence-corrected chi connectivity index (χ3v) is 5.22. The highest BCUT2D eigenvalue weighted by molar-refractivity contribution is 5.92. The highest BCUT2D eigenvalue weighted by Crippen LogP contribution is 2.37. The van der Waals surface area contributed by atoms with E-state index in [0.29, 0.717) is 16.7 Å². The molecular formula is C20H22F3N5O2. The number of hydrogen-bond acceptors (Lipinski definition) is 6. The summed E-state index contributed by atoms with van der Waals surface area (Å²) in [6, 6.07) is 4.25. The normalized spacial score (nSPS) is 20.8. The van der Waals surface area contributed by atoms with Crippen molar-refractivity contribution >= 4 is 22.6 Å². The van der Waals surface area contributed by atoms with Crippen molar-refractivity contribution in [2.24, 2.45) is 11.8 Å². The van der Waals surface area contributed by atoms with E-state index >= 15 is 0 Å². The fourth-order valence-electron chi connectivity index (χ4n) is 3.61. The van der Waals surface area contributed by atoms with E-state index in [-0.39, 0.29) is 31.0 Å². The first-order chi connectivity index (χ1) is 14.1. The van der Waals surface area contributed by atoms with E-state index in [1.807, 2.05) is 6.07 Å². The van der Waals surface area contributed by atoms with Crippen molar-refractivity contribution in [3.63, 3.8) is 0 Å². The Morgan fingerprint density at radius 1 is 1.27 bits per heavy atom. The summed E-state index contributed by atoms with van der Waals surface area (Å²) in [5.74, 6) is -2.72.